The lowest BCUT2D eigenvalue weighted by Crippen LogP contribution is -2.23. The number of ether oxygens (including phenoxy) is 1. The maximum atomic E-state index is 11.2. The molecule has 0 aliphatic rings. The van der Waals surface area contributed by atoms with Gasteiger partial charge >= 0.3 is 0 Å². The summed E-state index contributed by atoms with van der Waals surface area (Å²) in [7, 11) is 3.32. The van der Waals surface area contributed by atoms with Crippen molar-refractivity contribution in [2.45, 2.75) is 6.92 Å². The first-order valence-corrected chi connectivity index (χ1v) is 5.46. The Labute approximate surface area is 105 Å². The smallest absolute Gasteiger partial charge is 0.293 e. The maximum absolute atomic E-state index is 11.2. The number of rotatable bonds is 6. The molecule has 98 valence electrons. The molecule has 0 spiro atoms. The molecule has 0 saturated carbocycles. The summed E-state index contributed by atoms with van der Waals surface area (Å²) in [4.78, 5) is 23.5. The van der Waals surface area contributed by atoms with Crippen molar-refractivity contribution in [3.8, 4) is 0 Å². The normalized spacial score (nSPS) is 10.2. The minimum absolute atomic E-state index is 0.0682. The number of anilines is 1. The third-order valence-electron chi connectivity index (χ3n) is 2.62. The van der Waals surface area contributed by atoms with Gasteiger partial charge in [0, 0.05) is 32.3 Å². The van der Waals surface area contributed by atoms with Crippen LogP contribution < -0.4 is 4.90 Å². The number of Topliss-reactive ketones (excluding diaryl/α,β-unsaturated/α-hetero) is 1. The van der Waals surface area contributed by atoms with Crippen molar-refractivity contribution in [1.29, 1.82) is 0 Å². The quantitative estimate of drug-likeness (QED) is 0.439. The Kier molecular flexibility index (Phi) is 4.79. The fourth-order valence-electron chi connectivity index (χ4n) is 1.56. The molecule has 1 aromatic carbocycles. The van der Waals surface area contributed by atoms with Crippen molar-refractivity contribution >= 4 is 17.2 Å². The number of nitro benzene ring substituents is 1. The Morgan fingerprint density at radius 1 is 1.50 bits per heavy atom. The predicted molar refractivity (Wildman–Crippen MR) is 68.2 cm³/mol. The van der Waals surface area contributed by atoms with E-state index in [9.17, 15) is 14.9 Å². The summed E-state index contributed by atoms with van der Waals surface area (Å²) < 4.78 is 4.93. The average molecular weight is 252 g/mol. The number of benzene rings is 1. The van der Waals surface area contributed by atoms with Crippen molar-refractivity contribution in [3.05, 3.63) is 33.9 Å². The van der Waals surface area contributed by atoms with Gasteiger partial charge < -0.3 is 9.64 Å². The third-order valence-corrected chi connectivity index (χ3v) is 2.62. The molecule has 0 saturated heterocycles. The molecule has 0 aromatic heterocycles. The number of ketones is 1. The molecule has 0 atom stereocenters. The molecule has 18 heavy (non-hydrogen) atoms. The fourth-order valence-corrected chi connectivity index (χ4v) is 1.56. The minimum Gasteiger partial charge on any atom is -0.383 e. The predicted octanol–water partition coefficient (Wildman–Crippen LogP) is 1.88. The van der Waals surface area contributed by atoms with Gasteiger partial charge in [-0.3, -0.25) is 14.9 Å². The van der Waals surface area contributed by atoms with Crippen molar-refractivity contribution in [2.75, 3.05) is 32.2 Å². The van der Waals surface area contributed by atoms with Crippen LogP contribution in [0.15, 0.2) is 18.2 Å². The van der Waals surface area contributed by atoms with Crippen molar-refractivity contribution in [3.63, 3.8) is 0 Å². The summed E-state index contributed by atoms with van der Waals surface area (Å²) in [5.74, 6) is -0.191. The van der Waals surface area contributed by atoms with E-state index in [1.165, 1.54) is 13.0 Å². The molecule has 1 aromatic rings. The van der Waals surface area contributed by atoms with Crippen molar-refractivity contribution < 1.29 is 14.5 Å². The molecule has 0 bridgehead atoms. The van der Waals surface area contributed by atoms with Gasteiger partial charge in [0.05, 0.1) is 11.5 Å². The molecule has 0 aliphatic heterocycles. The second-order valence-electron chi connectivity index (χ2n) is 3.93. The van der Waals surface area contributed by atoms with Gasteiger partial charge in [0.1, 0.15) is 5.69 Å². The van der Waals surface area contributed by atoms with Crippen LogP contribution in [0.3, 0.4) is 0 Å². The Morgan fingerprint density at radius 2 is 2.17 bits per heavy atom. The number of carbonyl (C=O) groups is 1. The van der Waals surface area contributed by atoms with Gasteiger partial charge in [0.2, 0.25) is 0 Å². The van der Waals surface area contributed by atoms with Crippen LogP contribution in [0.25, 0.3) is 0 Å². The van der Waals surface area contributed by atoms with E-state index in [1.54, 1.807) is 31.2 Å². The number of carbonyl (C=O) groups excluding carboxylic acids is 1. The Bertz CT molecular complexity index is 459. The van der Waals surface area contributed by atoms with Gasteiger partial charge in [0.15, 0.2) is 5.78 Å². The molecule has 0 N–H and O–H groups in total. The van der Waals surface area contributed by atoms with Crippen LogP contribution in [0, 0.1) is 10.1 Å². The first kappa shape index (κ1) is 14.1. The number of methoxy groups -OCH3 is 1. The maximum Gasteiger partial charge on any atom is 0.293 e. The van der Waals surface area contributed by atoms with E-state index in [2.05, 4.69) is 0 Å². The standard InChI is InChI=1S/C12H16N2O4/c1-9(15)10-4-5-11(12(8-10)14(16)17)13(2)6-7-18-3/h4-5,8H,6-7H2,1-3H3. The molecule has 6 heteroatoms. The van der Waals surface area contributed by atoms with Gasteiger partial charge in [-0.05, 0) is 19.1 Å². The average Bonchev–Trinajstić information content (AvgIpc) is 2.34. The van der Waals surface area contributed by atoms with Crippen LogP contribution in [0.4, 0.5) is 11.4 Å². The molecule has 0 radical (unpaired) electrons. The highest BCUT2D eigenvalue weighted by molar-refractivity contribution is 5.95. The summed E-state index contributed by atoms with van der Waals surface area (Å²) in [5.41, 5.74) is 0.744. The second-order valence-corrected chi connectivity index (χ2v) is 3.93. The van der Waals surface area contributed by atoms with E-state index in [0.717, 1.165) is 0 Å². The zero-order chi connectivity index (χ0) is 13.7. The van der Waals surface area contributed by atoms with Gasteiger partial charge in [-0.25, -0.2) is 0 Å². The van der Waals surface area contributed by atoms with E-state index < -0.39 is 4.92 Å². The van der Waals surface area contributed by atoms with Gasteiger partial charge in [0.25, 0.3) is 5.69 Å². The highest BCUT2D eigenvalue weighted by atomic mass is 16.6. The Balaban J connectivity index is 3.11. The lowest BCUT2D eigenvalue weighted by molar-refractivity contribution is -0.384. The fraction of sp³-hybridized carbons (Fsp3) is 0.417. The molecule has 6 nitrogen and oxygen atoms in total. The van der Waals surface area contributed by atoms with Crippen LogP contribution in [0.1, 0.15) is 17.3 Å². The van der Waals surface area contributed by atoms with E-state index in [0.29, 0.717) is 24.4 Å². The Morgan fingerprint density at radius 3 is 2.67 bits per heavy atom. The van der Waals surface area contributed by atoms with Crippen LogP contribution in [-0.4, -0.2) is 38.0 Å². The molecule has 1 rings (SSSR count). The highest BCUT2D eigenvalue weighted by Gasteiger charge is 2.18. The molecular formula is C12H16N2O4. The number of hydrogen-bond donors (Lipinski definition) is 0. The minimum atomic E-state index is -0.481. The molecule has 0 heterocycles. The van der Waals surface area contributed by atoms with Crippen molar-refractivity contribution in [2.24, 2.45) is 0 Å². The number of nitrogens with zero attached hydrogens (tertiary/aromatic N) is 2. The SMILES string of the molecule is COCCN(C)c1ccc(C(C)=O)cc1[N+](=O)[O-]. The topological polar surface area (TPSA) is 72.7 Å². The van der Waals surface area contributed by atoms with E-state index in [4.69, 9.17) is 4.74 Å². The van der Waals surface area contributed by atoms with Crippen molar-refractivity contribution in [1.82, 2.24) is 0 Å². The zero-order valence-electron chi connectivity index (χ0n) is 10.7. The summed E-state index contributed by atoms with van der Waals surface area (Å²) in [6.45, 7) is 2.40. The summed E-state index contributed by atoms with van der Waals surface area (Å²) in [5, 5.41) is 11.0. The Hall–Kier alpha value is -1.95. The van der Waals surface area contributed by atoms with Gasteiger partial charge in [-0.2, -0.15) is 0 Å². The van der Waals surface area contributed by atoms with Crippen LogP contribution >= 0.6 is 0 Å². The summed E-state index contributed by atoms with van der Waals surface area (Å²) in [6.07, 6.45) is 0. The lowest BCUT2D eigenvalue weighted by atomic mass is 10.1. The number of likely N-dealkylation sites (N-methyl/N-ethyl adjacent to an activating group) is 1. The molecule has 0 unspecified atom stereocenters. The second kappa shape index (κ2) is 6.11. The van der Waals surface area contributed by atoms with Gasteiger partial charge in [-0.1, -0.05) is 0 Å². The van der Waals surface area contributed by atoms with Gasteiger partial charge in [-0.15, -0.1) is 0 Å². The molecule has 0 amide bonds. The van der Waals surface area contributed by atoms with Crippen LogP contribution in [0.5, 0.6) is 0 Å². The molecule has 0 fully saturated rings. The number of nitro groups is 1. The summed E-state index contributed by atoms with van der Waals surface area (Å²) in [6, 6.07) is 4.49. The van der Waals surface area contributed by atoms with Crippen LogP contribution in [0.2, 0.25) is 0 Å². The zero-order valence-corrected chi connectivity index (χ0v) is 10.7. The molecular weight excluding hydrogens is 236 g/mol. The third kappa shape index (κ3) is 3.27. The highest BCUT2D eigenvalue weighted by Crippen LogP contribution is 2.28. The van der Waals surface area contributed by atoms with E-state index >= 15 is 0 Å². The van der Waals surface area contributed by atoms with Crippen LogP contribution in [-0.2, 0) is 4.74 Å². The largest absolute Gasteiger partial charge is 0.383 e. The first-order chi connectivity index (χ1) is 8.47. The van der Waals surface area contributed by atoms with E-state index in [1.807, 2.05) is 0 Å². The van der Waals surface area contributed by atoms with E-state index in [-0.39, 0.29) is 11.5 Å². The molecule has 0 aliphatic carbocycles. The lowest BCUT2D eigenvalue weighted by Gasteiger charge is -2.18. The first-order valence-electron chi connectivity index (χ1n) is 5.46. The monoisotopic (exact) mass is 252 g/mol. The number of hydrogen-bond acceptors (Lipinski definition) is 5. The summed E-state index contributed by atoms with van der Waals surface area (Å²) >= 11 is 0.